The maximum atomic E-state index is 12.3. The van der Waals surface area contributed by atoms with E-state index in [2.05, 4.69) is 26.1 Å². The first-order chi connectivity index (χ1) is 8.49. The van der Waals surface area contributed by atoms with Gasteiger partial charge in [-0.15, -0.1) is 0 Å². The van der Waals surface area contributed by atoms with Gasteiger partial charge in [0, 0.05) is 18.0 Å². The fraction of sp³-hybridized carbons (Fsp3) is 0.933. The van der Waals surface area contributed by atoms with Gasteiger partial charge in [-0.1, -0.05) is 20.3 Å². The number of rotatable bonds is 3. The number of hydrogen-bond donors (Lipinski definition) is 2. The summed E-state index contributed by atoms with van der Waals surface area (Å²) in [6.07, 6.45) is 5.77. The van der Waals surface area contributed by atoms with Gasteiger partial charge in [-0.05, 0) is 50.4 Å². The van der Waals surface area contributed by atoms with Gasteiger partial charge in [-0.3, -0.25) is 4.79 Å². The van der Waals surface area contributed by atoms with Crippen LogP contribution < -0.4 is 11.1 Å². The molecule has 0 aromatic rings. The van der Waals surface area contributed by atoms with Gasteiger partial charge in [0.25, 0.3) is 0 Å². The van der Waals surface area contributed by atoms with Crippen LogP contribution in [-0.4, -0.2) is 18.0 Å². The van der Waals surface area contributed by atoms with Crippen LogP contribution >= 0.6 is 0 Å². The summed E-state index contributed by atoms with van der Waals surface area (Å²) >= 11 is 0. The Morgan fingerprint density at radius 2 is 1.72 bits per heavy atom. The number of carbonyl (C=O) groups excluding carboxylic acids is 1. The lowest BCUT2D eigenvalue weighted by atomic mass is 9.65. The molecule has 0 spiro atoms. The monoisotopic (exact) mass is 252 g/mol. The lowest BCUT2D eigenvalue weighted by Crippen LogP contribution is -2.50. The molecule has 2 aliphatic rings. The Balaban J connectivity index is 1.92. The van der Waals surface area contributed by atoms with Crippen LogP contribution in [0.15, 0.2) is 0 Å². The average molecular weight is 252 g/mol. The molecule has 3 N–H and O–H groups in total. The molecular weight excluding hydrogens is 224 g/mol. The largest absolute Gasteiger partial charge is 0.353 e. The van der Waals surface area contributed by atoms with Gasteiger partial charge in [0.1, 0.15) is 0 Å². The number of nitrogens with one attached hydrogen (secondary N) is 1. The maximum Gasteiger partial charge on any atom is 0.223 e. The fourth-order valence-electron chi connectivity index (χ4n) is 3.51. The Kier molecular flexibility index (Phi) is 4.31. The van der Waals surface area contributed by atoms with Crippen molar-refractivity contribution in [3.05, 3.63) is 0 Å². The van der Waals surface area contributed by atoms with E-state index in [4.69, 9.17) is 5.73 Å². The van der Waals surface area contributed by atoms with Crippen LogP contribution in [-0.2, 0) is 4.79 Å². The number of fused-ring (bicyclic) bond motifs is 2. The lowest BCUT2D eigenvalue weighted by Gasteiger charge is -2.43. The number of hydrogen-bond acceptors (Lipinski definition) is 2. The fourth-order valence-corrected chi connectivity index (χ4v) is 3.51. The van der Waals surface area contributed by atoms with Gasteiger partial charge in [-0.2, -0.15) is 0 Å². The van der Waals surface area contributed by atoms with Gasteiger partial charge in [0.15, 0.2) is 0 Å². The second-order valence-corrected chi connectivity index (χ2v) is 6.74. The zero-order valence-electron chi connectivity index (χ0n) is 12.0. The minimum atomic E-state index is 0.210. The molecule has 3 atom stereocenters. The standard InChI is InChI=1S/C15H28N2O/c1-9(2)10(3)17-15(18)13-7-11-5-4-6-12(8-13)14(11)16/h9-14H,4-8,16H2,1-3H3,(H,17,18). The van der Waals surface area contributed by atoms with Crippen LogP contribution in [0.4, 0.5) is 0 Å². The summed E-state index contributed by atoms with van der Waals surface area (Å²) in [6, 6.07) is 0.623. The third kappa shape index (κ3) is 2.87. The molecule has 2 fully saturated rings. The van der Waals surface area contributed by atoms with Crippen molar-refractivity contribution in [3.8, 4) is 0 Å². The molecule has 0 saturated heterocycles. The molecule has 2 rings (SSSR count). The van der Waals surface area contributed by atoms with E-state index in [1.165, 1.54) is 19.3 Å². The van der Waals surface area contributed by atoms with E-state index < -0.39 is 0 Å². The highest BCUT2D eigenvalue weighted by atomic mass is 16.1. The minimum Gasteiger partial charge on any atom is -0.353 e. The summed E-state index contributed by atoms with van der Waals surface area (Å²) in [5, 5.41) is 3.17. The van der Waals surface area contributed by atoms with E-state index in [0.29, 0.717) is 23.8 Å². The molecule has 3 unspecified atom stereocenters. The smallest absolute Gasteiger partial charge is 0.223 e. The van der Waals surface area contributed by atoms with Crippen LogP contribution in [0.1, 0.15) is 52.9 Å². The predicted octanol–water partition coefficient (Wildman–Crippen LogP) is 2.30. The molecule has 0 radical (unpaired) electrons. The molecule has 18 heavy (non-hydrogen) atoms. The molecule has 104 valence electrons. The molecule has 2 aliphatic carbocycles. The first-order valence-electron chi connectivity index (χ1n) is 7.55. The highest BCUT2D eigenvalue weighted by Gasteiger charge is 2.40. The molecule has 0 aromatic heterocycles. The van der Waals surface area contributed by atoms with Gasteiger partial charge in [0.05, 0.1) is 0 Å². The summed E-state index contributed by atoms with van der Waals surface area (Å²) in [6.45, 7) is 6.39. The summed E-state index contributed by atoms with van der Waals surface area (Å²) < 4.78 is 0. The van der Waals surface area contributed by atoms with Crippen molar-refractivity contribution in [1.82, 2.24) is 5.32 Å². The van der Waals surface area contributed by atoms with Crippen molar-refractivity contribution in [2.24, 2.45) is 29.4 Å². The van der Waals surface area contributed by atoms with Gasteiger partial charge in [-0.25, -0.2) is 0 Å². The molecular formula is C15H28N2O. The van der Waals surface area contributed by atoms with Crippen molar-refractivity contribution in [2.75, 3.05) is 0 Å². The minimum absolute atomic E-state index is 0.210. The SMILES string of the molecule is CC(C)C(C)NC(=O)C1CC2CCCC(C1)C2N. The van der Waals surface area contributed by atoms with E-state index >= 15 is 0 Å². The van der Waals surface area contributed by atoms with E-state index in [1.54, 1.807) is 0 Å². The third-order valence-electron chi connectivity index (χ3n) is 5.15. The zero-order chi connectivity index (χ0) is 13.3. The van der Waals surface area contributed by atoms with Crippen molar-refractivity contribution in [1.29, 1.82) is 0 Å². The topological polar surface area (TPSA) is 55.1 Å². The second-order valence-electron chi connectivity index (χ2n) is 6.74. The summed E-state index contributed by atoms with van der Waals surface area (Å²) in [5.74, 6) is 2.14. The summed E-state index contributed by atoms with van der Waals surface area (Å²) in [7, 11) is 0. The molecule has 1 amide bonds. The van der Waals surface area contributed by atoms with Crippen LogP contribution in [0.2, 0.25) is 0 Å². The highest BCUT2D eigenvalue weighted by molar-refractivity contribution is 5.79. The van der Waals surface area contributed by atoms with Crippen molar-refractivity contribution >= 4 is 5.91 Å². The predicted molar refractivity (Wildman–Crippen MR) is 74.0 cm³/mol. The van der Waals surface area contributed by atoms with Crippen LogP contribution in [0.5, 0.6) is 0 Å². The molecule has 0 heterocycles. The Hall–Kier alpha value is -0.570. The number of nitrogens with two attached hydrogens (primary N) is 1. The Bertz CT molecular complexity index is 289. The van der Waals surface area contributed by atoms with Crippen LogP contribution in [0, 0.1) is 23.7 Å². The lowest BCUT2D eigenvalue weighted by molar-refractivity contribution is -0.128. The first kappa shape index (κ1) is 13.9. The summed E-state index contributed by atoms with van der Waals surface area (Å²) in [4.78, 5) is 12.3. The quantitative estimate of drug-likeness (QED) is 0.810. The van der Waals surface area contributed by atoms with Crippen LogP contribution in [0.3, 0.4) is 0 Å². The Morgan fingerprint density at radius 1 is 1.17 bits per heavy atom. The van der Waals surface area contributed by atoms with Gasteiger partial charge in [0.2, 0.25) is 5.91 Å². The van der Waals surface area contributed by atoms with E-state index in [1.807, 2.05) is 0 Å². The van der Waals surface area contributed by atoms with Gasteiger partial charge < -0.3 is 11.1 Å². The molecule has 0 aliphatic heterocycles. The molecule has 2 bridgehead atoms. The number of amides is 1. The average Bonchev–Trinajstić information content (AvgIpc) is 2.27. The Labute approximate surface area is 111 Å². The van der Waals surface area contributed by atoms with Crippen molar-refractivity contribution < 1.29 is 4.79 Å². The van der Waals surface area contributed by atoms with Gasteiger partial charge >= 0.3 is 0 Å². The second kappa shape index (κ2) is 5.60. The van der Waals surface area contributed by atoms with Crippen molar-refractivity contribution in [3.63, 3.8) is 0 Å². The van der Waals surface area contributed by atoms with E-state index in [-0.39, 0.29) is 17.9 Å². The molecule has 0 aromatic carbocycles. The highest BCUT2D eigenvalue weighted by Crippen LogP contribution is 2.41. The first-order valence-corrected chi connectivity index (χ1v) is 7.55. The van der Waals surface area contributed by atoms with E-state index in [0.717, 1.165) is 12.8 Å². The molecule has 3 nitrogen and oxygen atoms in total. The maximum absolute atomic E-state index is 12.3. The third-order valence-corrected chi connectivity index (χ3v) is 5.15. The number of carbonyl (C=O) groups is 1. The van der Waals surface area contributed by atoms with Crippen molar-refractivity contribution in [2.45, 2.75) is 65.0 Å². The normalized spacial score (nSPS) is 37.4. The van der Waals surface area contributed by atoms with Crippen LogP contribution in [0.25, 0.3) is 0 Å². The molecule has 3 heteroatoms. The van der Waals surface area contributed by atoms with E-state index in [9.17, 15) is 4.79 Å². The molecule has 2 saturated carbocycles. The zero-order valence-corrected chi connectivity index (χ0v) is 12.0. The summed E-state index contributed by atoms with van der Waals surface area (Å²) in [5.41, 5.74) is 6.26. The Morgan fingerprint density at radius 3 is 2.22 bits per heavy atom.